The van der Waals surface area contributed by atoms with E-state index in [2.05, 4.69) is 10.9 Å². The van der Waals surface area contributed by atoms with Crippen molar-refractivity contribution in [1.29, 1.82) is 0 Å². The van der Waals surface area contributed by atoms with Crippen molar-refractivity contribution in [2.24, 2.45) is 0 Å². The summed E-state index contributed by atoms with van der Waals surface area (Å²) in [6, 6.07) is 1.90. The molecule has 2 nitrogen and oxygen atoms in total. The highest BCUT2D eigenvalue weighted by Crippen LogP contribution is 2.23. The predicted octanol–water partition coefficient (Wildman–Crippen LogP) is 1.78. The Morgan fingerprint density at radius 2 is 2.50 bits per heavy atom. The number of nitrogens with two attached hydrogens (primary N) is 1. The number of thioether (sulfide) groups is 1. The van der Waals surface area contributed by atoms with Crippen LogP contribution in [0.1, 0.15) is 6.42 Å². The van der Waals surface area contributed by atoms with E-state index in [0.29, 0.717) is 0 Å². The molecule has 0 fully saturated rings. The minimum atomic E-state index is 0.722. The number of pyridine rings is 1. The van der Waals surface area contributed by atoms with Gasteiger partial charge in [-0.1, -0.05) is 0 Å². The summed E-state index contributed by atoms with van der Waals surface area (Å²) >= 11 is 1.66. The lowest BCUT2D eigenvalue weighted by molar-refractivity contribution is 1.25. The summed E-state index contributed by atoms with van der Waals surface area (Å²) < 4.78 is 0. The highest BCUT2D eigenvalue weighted by molar-refractivity contribution is 7.99. The molecule has 0 amide bonds. The number of hydrogen-bond acceptors (Lipinski definition) is 3. The molecule has 0 atom stereocenters. The topological polar surface area (TPSA) is 38.9 Å². The quantitative estimate of drug-likeness (QED) is 0.435. The second kappa shape index (κ2) is 4.68. The van der Waals surface area contributed by atoms with Gasteiger partial charge in [-0.25, -0.2) is 0 Å². The van der Waals surface area contributed by atoms with Gasteiger partial charge in [-0.3, -0.25) is 4.98 Å². The van der Waals surface area contributed by atoms with Gasteiger partial charge in [0, 0.05) is 23.3 Å². The van der Waals surface area contributed by atoms with Gasteiger partial charge in [0.2, 0.25) is 0 Å². The van der Waals surface area contributed by atoms with E-state index in [9.17, 15) is 0 Å². The SMILES string of the molecule is C#CCCSc1ccncc1N. The predicted molar refractivity (Wildman–Crippen MR) is 52.8 cm³/mol. The van der Waals surface area contributed by atoms with Gasteiger partial charge in [0.1, 0.15) is 0 Å². The zero-order valence-electron chi connectivity index (χ0n) is 6.66. The molecule has 0 radical (unpaired) electrons. The van der Waals surface area contributed by atoms with Crippen molar-refractivity contribution in [2.45, 2.75) is 11.3 Å². The smallest absolute Gasteiger partial charge is 0.0638 e. The van der Waals surface area contributed by atoms with E-state index in [-0.39, 0.29) is 0 Å². The van der Waals surface area contributed by atoms with Crippen LogP contribution in [0.2, 0.25) is 0 Å². The Morgan fingerprint density at radius 3 is 3.17 bits per heavy atom. The van der Waals surface area contributed by atoms with Crippen LogP contribution in [0.15, 0.2) is 23.4 Å². The third-order valence-electron chi connectivity index (χ3n) is 1.31. The Balaban J connectivity index is 2.53. The van der Waals surface area contributed by atoms with Gasteiger partial charge in [0.05, 0.1) is 11.9 Å². The van der Waals surface area contributed by atoms with Crippen molar-refractivity contribution in [3.05, 3.63) is 18.5 Å². The van der Waals surface area contributed by atoms with Crippen LogP contribution in [0.5, 0.6) is 0 Å². The zero-order valence-corrected chi connectivity index (χ0v) is 7.47. The van der Waals surface area contributed by atoms with Crippen molar-refractivity contribution in [2.75, 3.05) is 11.5 Å². The first kappa shape index (κ1) is 8.95. The first-order chi connectivity index (χ1) is 5.84. The summed E-state index contributed by atoms with van der Waals surface area (Å²) in [5.74, 6) is 3.49. The zero-order chi connectivity index (χ0) is 8.81. The number of hydrogen-bond donors (Lipinski definition) is 1. The molecule has 0 unspecified atom stereocenters. The average Bonchev–Trinajstić information content (AvgIpc) is 2.09. The standard InChI is InChI=1S/C9H10N2S/c1-2-3-6-12-9-4-5-11-7-8(9)10/h1,4-5,7H,3,6,10H2. The van der Waals surface area contributed by atoms with Crippen molar-refractivity contribution in [3.63, 3.8) is 0 Å². The lowest BCUT2D eigenvalue weighted by atomic mass is 10.4. The van der Waals surface area contributed by atoms with Gasteiger partial charge in [-0.2, -0.15) is 0 Å². The van der Waals surface area contributed by atoms with Gasteiger partial charge < -0.3 is 5.73 Å². The van der Waals surface area contributed by atoms with Crippen LogP contribution < -0.4 is 5.73 Å². The molecule has 12 heavy (non-hydrogen) atoms. The molecule has 0 aromatic carbocycles. The number of anilines is 1. The Hall–Kier alpha value is -1.14. The minimum Gasteiger partial charge on any atom is -0.397 e. The first-order valence-corrected chi connectivity index (χ1v) is 4.59. The Morgan fingerprint density at radius 1 is 1.67 bits per heavy atom. The molecule has 1 aromatic rings. The van der Waals surface area contributed by atoms with Gasteiger partial charge in [0.15, 0.2) is 0 Å². The molecule has 0 aliphatic rings. The van der Waals surface area contributed by atoms with E-state index in [1.165, 1.54) is 0 Å². The monoisotopic (exact) mass is 178 g/mol. The molecule has 62 valence electrons. The molecule has 1 rings (SSSR count). The molecule has 0 bridgehead atoms. The van der Waals surface area contributed by atoms with Crippen LogP contribution in [0.4, 0.5) is 5.69 Å². The third-order valence-corrected chi connectivity index (χ3v) is 2.41. The number of nitrogen functional groups attached to an aromatic ring is 1. The molecule has 1 heterocycles. The van der Waals surface area contributed by atoms with Crippen LogP contribution in [0.25, 0.3) is 0 Å². The van der Waals surface area contributed by atoms with Gasteiger partial charge >= 0.3 is 0 Å². The Kier molecular flexibility index (Phi) is 3.49. The molecule has 0 saturated carbocycles. The molecular formula is C9H10N2S. The lowest BCUT2D eigenvalue weighted by Gasteiger charge is -2.01. The minimum absolute atomic E-state index is 0.722. The van der Waals surface area contributed by atoms with Crippen LogP contribution in [-0.4, -0.2) is 10.7 Å². The fraction of sp³-hybridized carbons (Fsp3) is 0.222. The van der Waals surface area contributed by atoms with Crippen molar-refractivity contribution < 1.29 is 0 Å². The maximum absolute atomic E-state index is 5.67. The second-order valence-electron chi connectivity index (χ2n) is 2.22. The van der Waals surface area contributed by atoms with E-state index in [1.54, 1.807) is 24.2 Å². The Labute approximate surface area is 76.6 Å². The summed E-state index contributed by atoms with van der Waals surface area (Å²) in [7, 11) is 0. The maximum Gasteiger partial charge on any atom is 0.0638 e. The normalized spacial score (nSPS) is 9.25. The molecule has 3 heteroatoms. The maximum atomic E-state index is 5.67. The fourth-order valence-electron chi connectivity index (χ4n) is 0.745. The average molecular weight is 178 g/mol. The van der Waals surface area contributed by atoms with Gasteiger partial charge in [-0.05, 0) is 6.07 Å². The fourth-order valence-corrected chi connectivity index (χ4v) is 1.56. The first-order valence-electron chi connectivity index (χ1n) is 3.60. The van der Waals surface area contributed by atoms with Crippen molar-refractivity contribution >= 4 is 17.4 Å². The number of rotatable bonds is 3. The highest BCUT2D eigenvalue weighted by Gasteiger charge is 1.96. The van der Waals surface area contributed by atoms with Gasteiger partial charge in [-0.15, -0.1) is 24.1 Å². The molecule has 0 spiro atoms. The summed E-state index contributed by atoms with van der Waals surface area (Å²) in [6.07, 6.45) is 9.28. The second-order valence-corrected chi connectivity index (χ2v) is 3.35. The molecule has 0 saturated heterocycles. The van der Waals surface area contributed by atoms with E-state index < -0.39 is 0 Å². The summed E-state index contributed by atoms with van der Waals surface area (Å²) in [5.41, 5.74) is 6.39. The number of aromatic nitrogens is 1. The number of terminal acetylenes is 1. The summed E-state index contributed by atoms with van der Waals surface area (Å²) in [6.45, 7) is 0. The summed E-state index contributed by atoms with van der Waals surface area (Å²) in [5, 5.41) is 0. The van der Waals surface area contributed by atoms with E-state index >= 15 is 0 Å². The Bertz CT molecular complexity index is 291. The van der Waals surface area contributed by atoms with E-state index in [1.807, 2.05) is 6.07 Å². The van der Waals surface area contributed by atoms with E-state index in [0.717, 1.165) is 22.8 Å². The lowest BCUT2D eigenvalue weighted by Crippen LogP contribution is -1.89. The molecule has 2 N–H and O–H groups in total. The van der Waals surface area contributed by atoms with Crippen LogP contribution in [0.3, 0.4) is 0 Å². The molecule has 1 aromatic heterocycles. The van der Waals surface area contributed by atoms with E-state index in [4.69, 9.17) is 12.2 Å². The van der Waals surface area contributed by atoms with Crippen molar-refractivity contribution in [1.82, 2.24) is 4.98 Å². The number of nitrogens with zero attached hydrogens (tertiary/aromatic N) is 1. The highest BCUT2D eigenvalue weighted by atomic mass is 32.2. The third kappa shape index (κ3) is 2.48. The largest absolute Gasteiger partial charge is 0.397 e. The molecule has 0 aliphatic heterocycles. The van der Waals surface area contributed by atoms with Crippen LogP contribution in [0, 0.1) is 12.3 Å². The molecule has 0 aliphatic carbocycles. The molecular weight excluding hydrogens is 168 g/mol. The van der Waals surface area contributed by atoms with Crippen LogP contribution in [-0.2, 0) is 0 Å². The van der Waals surface area contributed by atoms with Crippen LogP contribution >= 0.6 is 11.8 Å². The van der Waals surface area contributed by atoms with Crippen molar-refractivity contribution in [3.8, 4) is 12.3 Å². The van der Waals surface area contributed by atoms with Gasteiger partial charge in [0.25, 0.3) is 0 Å². The summed E-state index contributed by atoms with van der Waals surface area (Å²) in [4.78, 5) is 4.95.